The molecule has 0 aliphatic rings. The summed E-state index contributed by atoms with van der Waals surface area (Å²) in [6.07, 6.45) is 1.54. The smallest absolute Gasteiger partial charge is 0.280 e. The minimum atomic E-state index is -0.371. The van der Waals surface area contributed by atoms with E-state index >= 15 is 0 Å². The van der Waals surface area contributed by atoms with Crippen molar-refractivity contribution in [3.8, 4) is 11.4 Å². The summed E-state index contributed by atoms with van der Waals surface area (Å²) < 4.78 is 14.3. The normalized spacial score (nSPS) is 11.6. The summed E-state index contributed by atoms with van der Waals surface area (Å²) in [6, 6.07) is 12.0. The molecule has 6 heteroatoms. The number of phenols is 1. The number of aromatic amines is 1. The number of aromatic nitrogens is 2. The van der Waals surface area contributed by atoms with E-state index in [0.717, 1.165) is 5.69 Å². The first-order chi connectivity index (χ1) is 11.0. The number of hydrogen-bond acceptors (Lipinski definition) is 3. The van der Waals surface area contributed by atoms with Gasteiger partial charge in [0.1, 0.15) is 11.6 Å². The first-order valence-corrected chi connectivity index (χ1v) is 6.86. The van der Waals surface area contributed by atoms with Crippen LogP contribution in [0, 0.1) is 5.82 Å². The molecule has 5 nitrogen and oxygen atoms in total. The summed E-state index contributed by atoms with van der Waals surface area (Å²) in [6.45, 7) is 3.81. The lowest BCUT2D eigenvalue weighted by atomic mass is 10.3. The number of benzene rings is 2. The van der Waals surface area contributed by atoms with Crippen molar-refractivity contribution in [2.45, 2.75) is 0 Å². The Kier molecular flexibility index (Phi) is 3.72. The Morgan fingerprint density at radius 1 is 1.13 bits per heavy atom. The number of halogens is 1. The molecule has 0 spiro atoms. The molecule has 0 fully saturated rings. The van der Waals surface area contributed by atoms with E-state index in [1.54, 1.807) is 12.1 Å². The van der Waals surface area contributed by atoms with Crippen LogP contribution in [-0.4, -0.2) is 14.9 Å². The maximum absolute atomic E-state index is 13.0. The van der Waals surface area contributed by atoms with E-state index < -0.39 is 0 Å². The van der Waals surface area contributed by atoms with E-state index in [2.05, 4.69) is 17.0 Å². The Balaban J connectivity index is 1.99. The predicted octanol–water partition coefficient (Wildman–Crippen LogP) is 1.27. The van der Waals surface area contributed by atoms with Gasteiger partial charge in [-0.25, -0.2) is 9.07 Å². The first-order valence-electron chi connectivity index (χ1n) is 6.86. The maximum Gasteiger partial charge on any atom is 0.280 e. The molecule has 0 aliphatic carbocycles. The van der Waals surface area contributed by atoms with Crippen LogP contribution in [0.1, 0.15) is 0 Å². The standard InChI is InChI=1S/C17H14FN3O2/c1-11-16(10-19-13-4-8-15(22)9-5-13)17(23)21(20-11)14-6-2-12(18)3-7-14/h2-10,19-20,22H,1H2. The van der Waals surface area contributed by atoms with Gasteiger partial charge >= 0.3 is 0 Å². The number of phenolic OH excluding ortho intramolecular Hbond substituents is 1. The van der Waals surface area contributed by atoms with Gasteiger partial charge < -0.3 is 10.4 Å². The lowest BCUT2D eigenvalue weighted by molar-refractivity contribution is 0.475. The van der Waals surface area contributed by atoms with Gasteiger partial charge in [0.15, 0.2) is 0 Å². The molecule has 3 aromatic rings. The molecule has 3 N–H and O–H groups in total. The second-order valence-electron chi connectivity index (χ2n) is 4.96. The van der Waals surface area contributed by atoms with Crippen molar-refractivity contribution in [3.63, 3.8) is 0 Å². The molecule has 0 unspecified atom stereocenters. The molecule has 1 aromatic heterocycles. The molecule has 0 saturated heterocycles. The molecule has 0 amide bonds. The Hall–Kier alpha value is -3.28. The van der Waals surface area contributed by atoms with Gasteiger partial charge in [-0.2, -0.15) is 0 Å². The summed E-state index contributed by atoms with van der Waals surface area (Å²) >= 11 is 0. The van der Waals surface area contributed by atoms with Gasteiger partial charge in [0, 0.05) is 11.9 Å². The van der Waals surface area contributed by atoms with Crippen LogP contribution in [0.2, 0.25) is 0 Å². The summed E-state index contributed by atoms with van der Waals surface area (Å²) in [5.74, 6) is -0.210. The highest BCUT2D eigenvalue weighted by Gasteiger charge is 2.04. The van der Waals surface area contributed by atoms with Crippen LogP contribution in [-0.2, 0) is 0 Å². The molecule has 3 rings (SSSR count). The van der Waals surface area contributed by atoms with Gasteiger partial charge in [-0.1, -0.05) is 6.58 Å². The fraction of sp³-hybridized carbons (Fsp3) is 0. The Bertz CT molecular complexity index is 986. The van der Waals surface area contributed by atoms with Gasteiger partial charge in [0.2, 0.25) is 0 Å². The van der Waals surface area contributed by atoms with Gasteiger partial charge in [-0.05, 0) is 48.5 Å². The van der Waals surface area contributed by atoms with Crippen molar-refractivity contribution in [1.82, 2.24) is 9.78 Å². The Labute approximate surface area is 130 Å². The lowest BCUT2D eigenvalue weighted by Crippen LogP contribution is -2.34. The van der Waals surface area contributed by atoms with Gasteiger partial charge in [0.25, 0.3) is 5.56 Å². The van der Waals surface area contributed by atoms with E-state index in [4.69, 9.17) is 0 Å². The molecule has 2 aromatic carbocycles. The molecular formula is C17H14FN3O2. The highest BCUT2D eigenvalue weighted by molar-refractivity contribution is 5.55. The van der Waals surface area contributed by atoms with E-state index in [1.807, 2.05) is 0 Å². The molecule has 1 heterocycles. The lowest BCUT2D eigenvalue weighted by Gasteiger charge is -2.00. The monoisotopic (exact) mass is 311 g/mol. The minimum Gasteiger partial charge on any atom is -0.508 e. The highest BCUT2D eigenvalue weighted by atomic mass is 19.1. The molecule has 0 aliphatic heterocycles. The molecule has 23 heavy (non-hydrogen) atoms. The number of nitrogens with one attached hydrogen (secondary N) is 2. The zero-order chi connectivity index (χ0) is 16.4. The summed E-state index contributed by atoms with van der Waals surface area (Å²) in [7, 11) is 0. The van der Waals surface area contributed by atoms with E-state index in [0.29, 0.717) is 16.3 Å². The van der Waals surface area contributed by atoms with Gasteiger partial charge in [-0.15, -0.1) is 0 Å². The Morgan fingerprint density at radius 2 is 1.78 bits per heavy atom. The number of H-pyrrole nitrogens is 1. The minimum absolute atomic E-state index is 0.161. The van der Waals surface area contributed by atoms with Crippen LogP contribution >= 0.6 is 0 Å². The van der Waals surface area contributed by atoms with Crippen LogP contribution in [0.5, 0.6) is 5.75 Å². The molecular weight excluding hydrogens is 297 g/mol. The van der Waals surface area contributed by atoms with Crippen LogP contribution < -0.4 is 21.4 Å². The SMILES string of the molecule is C=c1[nH]n(-c2ccc(F)cc2)c(=O)c1=CNc1ccc(O)cc1. The zero-order valence-electron chi connectivity index (χ0n) is 12.1. The van der Waals surface area contributed by atoms with Crippen molar-refractivity contribution in [3.05, 3.63) is 75.3 Å². The van der Waals surface area contributed by atoms with Crippen LogP contribution in [0.25, 0.3) is 18.5 Å². The second-order valence-corrected chi connectivity index (χ2v) is 4.96. The third-order valence-corrected chi connectivity index (χ3v) is 3.34. The highest BCUT2D eigenvalue weighted by Crippen LogP contribution is 2.13. The predicted molar refractivity (Wildman–Crippen MR) is 87.3 cm³/mol. The van der Waals surface area contributed by atoms with E-state index in [9.17, 15) is 14.3 Å². The number of rotatable bonds is 3. The number of anilines is 1. The van der Waals surface area contributed by atoms with Crippen LogP contribution in [0.4, 0.5) is 10.1 Å². The molecule has 0 atom stereocenters. The van der Waals surface area contributed by atoms with Crippen LogP contribution in [0.3, 0.4) is 0 Å². The van der Waals surface area contributed by atoms with Crippen molar-refractivity contribution in [2.75, 3.05) is 5.32 Å². The van der Waals surface area contributed by atoms with Crippen molar-refractivity contribution < 1.29 is 9.50 Å². The number of nitrogens with zero attached hydrogens (tertiary/aromatic N) is 1. The Morgan fingerprint density at radius 3 is 2.43 bits per heavy atom. The zero-order valence-corrected chi connectivity index (χ0v) is 12.1. The van der Waals surface area contributed by atoms with Gasteiger partial charge in [0.05, 0.1) is 16.3 Å². The van der Waals surface area contributed by atoms with Crippen LogP contribution in [0.15, 0.2) is 53.3 Å². The number of hydrogen-bond donors (Lipinski definition) is 3. The largest absolute Gasteiger partial charge is 0.508 e. The fourth-order valence-electron chi connectivity index (χ4n) is 2.13. The third kappa shape index (κ3) is 3.01. The second kappa shape index (κ2) is 5.84. The molecule has 0 saturated carbocycles. The topological polar surface area (TPSA) is 70.0 Å². The summed E-state index contributed by atoms with van der Waals surface area (Å²) in [4.78, 5) is 12.4. The number of aromatic hydroxyl groups is 1. The van der Waals surface area contributed by atoms with Gasteiger partial charge in [-0.3, -0.25) is 9.89 Å². The quantitative estimate of drug-likeness (QED) is 0.638. The average Bonchev–Trinajstić information content (AvgIpc) is 2.82. The summed E-state index contributed by atoms with van der Waals surface area (Å²) in [5.41, 5.74) is 0.939. The fourth-order valence-corrected chi connectivity index (χ4v) is 2.13. The van der Waals surface area contributed by atoms with Crippen molar-refractivity contribution in [1.29, 1.82) is 0 Å². The molecule has 116 valence electrons. The molecule has 0 radical (unpaired) electrons. The van der Waals surface area contributed by atoms with Crippen molar-refractivity contribution >= 4 is 18.5 Å². The summed E-state index contributed by atoms with van der Waals surface area (Å²) in [5, 5.41) is 15.9. The molecule has 0 bridgehead atoms. The van der Waals surface area contributed by atoms with E-state index in [-0.39, 0.29) is 17.1 Å². The van der Waals surface area contributed by atoms with E-state index in [1.165, 1.54) is 47.3 Å². The first kappa shape index (κ1) is 14.6. The maximum atomic E-state index is 13.0. The average molecular weight is 311 g/mol. The third-order valence-electron chi connectivity index (χ3n) is 3.34. The van der Waals surface area contributed by atoms with Crippen molar-refractivity contribution in [2.24, 2.45) is 0 Å².